The van der Waals surface area contributed by atoms with Gasteiger partial charge < -0.3 is 0 Å². The summed E-state index contributed by atoms with van der Waals surface area (Å²) >= 11 is 12.8. The lowest BCUT2D eigenvalue weighted by Crippen LogP contribution is -2.14. The minimum Gasteiger partial charge on any atom is -0.286 e. The third-order valence-electron chi connectivity index (χ3n) is 4.36. The van der Waals surface area contributed by atoms with Gasteiger partial charge in [-0.3, -0.25) is 4.55 Å². The van der Waals surface area contributed by atoms with Gasteiger partial charge in [-0.05, 0) is 19.3 Å². The number of rotatable bonds is 17. The minimum atomic E-state index is -3.79. The number of alkyl halides is 2. The Morgan fingerprint density at radius 1 is 0.708 bits per heavy atom. The molecular weight excluding hydrogens is 367 g/mol. The fraction of sp³-hybridized carbons (Fsp3) is 1.00. The summed E-state index contributed by atoms with van der Waals surface area (Å²) < 4.78 is 29.8. The largest absolute Gasteiger partial charge is 0.286 e. The molecule has 2 unspecified atom stereocenters. The van der Waals surface area contributed by atoms with Crippen LogP contribution in [0.2, 0.25) is 0 Å². The minimum absolute atomic E-state index is 0.0573. The molecule has 24 heavy (non-hydrogen) atoms. The van der Waals surface area contributed by atoms with Gasteiger partial charge in [0.25, 0.3) is 10.1 Å². The molecular formula is C18H36Cl2O3S. The topological polar surface area (TPSA) is 54.4 Å². The summed E-state index contributed by atoms with van der Waals surface area (Å²) in [4.78, 5) is 0. The first-order chi connectivity index (χ1) is 11.4. The van der Waals surface area contributed by atoms with E-state index in [2.05, 4.69) is 6.92 Å². The van der Waals surface area contributed by atoms with E-state index in [4.69, 9.17) is 27.8 Å². The van der Waals surface area contributed by atoms with Crippen molar-refractivity contribution in [1.29, 1.82) is 0 Å². The molecule has 146 valence electrons. The average molecular weight is 403 g/mol. The third kappa shape index (κ3) is 17.3. The highest BCUT2D eigenvalue weighted by Gasteiger charge is 2.15. The van der Waals surface area contributed by atoms with Crippen LogP contribution in [0.15, 0.2) is 0 Å². The van der Waals surface area contributed by atoms with Gasteiger partial charge in [0.2, 0.25) is 0 Å². The van der Waals surface area contributed by atoms with Crippen LogP contribution in [0.4, 0.5) is 0 Å². The predicted octanol–water partition coefficient (Wildman–Crippen LogP) is 6.57. The Labute approximate surface area is 159 Å². The number of hydrogen-bond donors (Lipinski definition) is 1. The molecule has 1 N–H and O–H groups in total. The second kappa shape index (κ2) is 15.7. The lowest BCUT2D eigenvalue weighted by molar-refractivity contribution is 0.478. The maximum Gasteiger partial charge on any atom is 0.264 e. The van der Waals surface area contributed by atoms with E-state index in [1.807, 2.05) is 0 Å². The molecule has 0 fully saturated rings. The van der Waals surface area contributed by atoms with E-state index in [0.29, 0.717) is 6.42 Å². The molecule has 0 saturated carbocycles. The van der Waals surface area contributed by atoms with Gasteiger partial charge in [-0.2, -0.15) is 8.42 Å². The Morgan fingerprint density at radius 2 is 1.08 bits per heavy atom. The number of halogens is 2. The summed E-state index contributed by atoms with van der Waals surface area (Å²) in [6, 6.07) is 0. The van der Waals surface area contributed by atoms with Crippen molar-refractivity contribution in [3.05, 3.63) is 0 Å². The molecule has 0 heterocycles. The second-order valence-electron chi connectivity index (χ2n) is 6.78. The van der Waals surface area contributed by atoms with Crippen molar-refractivity contribution in [3.8, 4) is 0 Å². The zero-order chi connectivity index (χ0) is 18.3. The van der Waals surface area contributed by atoms with Crippen molar-refractivity contribution in [2.75, 3.05) is 5.75 Å². The molecule has 0 saturated heterocycles. The van der Waals surface area contributed by atoms with E-state index >= 15 is 0 Å². The summed E-state index contributed by atoms with van der Waals surface area (Å²) in [5, 5.41) is 0.134. The molecule has 0 amide bonds. The van der Waals surface area contributed by atoms with Gasteiger partial charge in [-0.15, -0.1) is 23.2 Å². The Kier molecular flexibility index (Phi) is 16.0. The first-order valence-electron chi connectivity index (χ1n) is 9.60. The Morgan fingerprint density at radius 3 is 1.50 bits per heavy atom. The lowest BCUT2D eigenvalue weighted by Gasteiger charge is -2.16. The summed E-state index contributed by atoms with van der Waals surface area (Å²) in [7, 11) is -3.79. The molecule has 0 aromatic carbocycles. The smallest absolute Gasteiger partial charge is 0.264 e. The van der Waals surface area contributed by atoms with Crippen molar-refractivity contribution in [3.63, 3.8) is 0 Å². The summed E-state index contributed by atoms with van der Waals surface area (Å²) in [5.74, 6) is -0.122. The molecule has 0 aromatic heterocycles. The van der Waals surface area contributed by atoms with E-state index in [-0.39, 0.29) is 16.5 Å². The molecule has 0 rings (SSSR count). The third-order valence-corrected chi connectivity index (χ3v) is 6.34. The maximum absolute atomic E-state index is 10.6. The number of hydrogen-bond acceptors (Lipinski definition) is 2. The molecule has 0 aliphatic rings. The van der Waals surface area contributed by atoms with Crippen molar-refractivity contribution >= 4 is 33.3 Å². The van der Waals surface area contributed by atoms with Crippen LogP contribution in [0, 0.1) is 0 Å². The van der Waals surface area contributed by atoms with Gasteiger partial charge in [-0.1, -0.05) is 77.6 Å². The van der Waals surface area contributed by atoms with Crippen LogP contribution in [-0.2, 0) is 10.1 Å². The van der Waals surface area contributed by atoms with Crippen LogP contribution < -0.4 is 0 Å². The van der Waals surface area contributed by atoms with Crippen molar-refractivity contribution in [2.45, 2.75) is 108 Å². The molecule has 0 aromatic rings. The van der Waals surface area contributed by atoms with Gasteiger partial charge in [0.1, 0.15) is 0 Å². The van der Waals surface area contributed by atoms with Gasteiger partial charge >= 0.3 is 0 Å². The average Bonchev–Trinajstić information content (AvgIpc) is 2.51. The first-order valence-corrected chi connectivity index (χ1v) is 12.1. The monoisotopic (exact) mass is 402 g/mol. The highest BCUT2D eigenvalue weighted by Crippen LogP contribution is 2.23. The predicted molar refractivity (Wildman–Crippen MR) is 106 cm³/mol. The molecule has 0 spiro atoms. The fourth-order valence-electron chi connectivity index (χ4n) is 2.81. The standard InChI is InChI=1S/C18H36Cl2O3S/c1-2-3-4-5-8-11-14-17(19)18(20)15-12-9-6-7-10-13-16-24(21,22)23/h17-18H,2-16H2,1H3,(H,21,22,23). The Bertz CT molecular complexity index is 374. The second-order valence-corrected chi connectivity index (χ2v) is 9.48. The van der Waals surface area contributed by atoms with Crippen LogP contribution in [-0.4, -0.2) is 29.5 Å². The highest BCUT2D eigenvalue weighted by atomic mass is 35.5. The molecule has 3 nitrogen and oxygen atoms in total. The first kappa shape index (κ1) is 24.5. The normalized spacial score (nSPS) is 14.7. The SMILES string of the molecule is CCCCCCCCC(Cl)C(Cl)CCCCCCCCS(=O)(=O)O. The fourth-order valence-corrected chi connectivity index (χ4v) is 3.94. The summed E-state index contributed by atoms with van der Waals surface area (Å²) in [6.45, 7) is 2.23. The maximum atomic E-state index is 10.6. The number of unbranched alkanes of at least 4 members (excludes halogenated alkanes) is 10. The molecule has 0 bridgehead atoms. The van der Waals surface area contributed by atoms with E-state index in [1.54, 1.807) is 0 Å². The van der Waals surface area contributed by atoms with Gasteiger partial charge in [0.05, 0.1) is 5.75 Å². The van der Waals surface area contributed by atoms with Crippen LogP contribution in [0.5, 0.6) is 0 Å². The quantitative estimate of drug-likeness (QED) is 0.170. The highest BCUT2D eigenvalue weighted by molar-refractivity contribution is 7.85. The Hall–Kier alpha value is 0.490. The molecule has 0 aliphatic carbocycles. The van der Waals surface area contributed by atoms with Crippen LogP contribution in [0.3, 0.4) is 0 Å². The van der Waals surface area contributed by atoms with Gasteiger partial charge in [0.15, 0.2) is 0 Å². The molecule has 2 atom stereocenters. The molecule has 6 heteroatoms. The molecule has 0 aliphatic heterocycles. The zero-order valence-corrected chi connectivity index (χ0v) is 17.5. The van der Waals surface area contributed by atoms with Gasteiger partial charge in [-0.25, -0.2) is 0 Å². The summed E-state index contributed by atoms with van der Waals surface area (Å²) in [6.07, 6.45) is 15.3. The Balaban J connectivity index is 3.42. The van der Waals surface area contributed by atoms with Crippen molar-refractivity contribution in [2.24, 2.45) is 0 Å². The van der Waals surface area contributed by atoms with Gasteiger partial charge in [0, 0.05) is 10.8 Å². The van der Waals surface area contributed by atoms with Crippen LogP contribution >= 0.6 is 23.2 Å². The van der Waals surface area contributed by atoms with Crippen molar-refractivity contribution < 1.29 is 13.0 Å². The van der Waals surface area contributed by atoms with E-state index in [9.17, 15) is 8.42 Å². The zero-order valence-electron chi connectivity index (χ0n) is 15.2. The van der Waals surface area contributed by atoms with Crippen LogP contribution in [0.1, 0.15) is 96.8 Å². The van der Waals surface area contributed by atoms with E-state index < -0.39 is 10.1 Å². The lowest BCUT2D eigenvalue weighted by atomic mass is 10.0. The summed E-state index contributed by atoms with van der Waals surface area (Å²) in [5.41, 5.74) is 0. The molecule has 0 radical (unpaired) electrons. The van der Waals surface area contributed by atoms with E-state index in [1.165, 1.54) is 38.5 Å². The van der Waals surface area contributed by atoms with Crippen molar-refractivity contribution in [1.82, 2.24) is 0 Å². The van der Waals surface area contributed by atoms with Crippen LogP contribution in [0.25, 0.3) is 0 Å². The van der Waals surface area contributed by atoms with E-state index in [0.717, 1.165) is 44.9 Å².